The number of amides is 2. The fraction of sp³-hybridized carbons (Fsp3) is 0.100. The van der Waals surface area contributed by atoms with Crippen LogP contribution in [0.4, 0.5) is 20.6 Å². The van der Waals surface area contributed by atoms with Gasteiger partial charge in [0.15, 0.2) is 0 Å². The first kappa shape index (κ1) is 17.6. The Bertz CT molecular complexity index is 1190. The van der Waals surface area contributed by atoms with Gasteiger partial charge in [0.25, 0.3) is 0 Å². The Balaban J connectivity index is 1.54. The summed E-state index contributed by atoms with van der Waals surface area (Å²) in [6, 6.07) is 9.24. The van der Waals surface area contributed by atoms with Crippen molar-refractivity contribution in [1.29, 1.82) is 0 Å². The molecule has 0 aliphatic carbocycles. The SMILES string of the molecule is Cc1cc(NC(=O)Nc2ccc3ncc(-c4cnn(C)c4)nc3c2)ccc1F. The highest BCUT2D eigenvalue weighted by molar-refractivity contribution is 6.00. The summed E-state index contributed by atoms with van der Waals surface area (Å²) in [4.78, 5) is 21.3. The van der Waals surface area contributed by atoms with Gasteiger partial charge in [0.1, 0.15) is 5.82 Å². The number of aromatic nitrogens is 4. The van der Waals surface area contributed by atoms with Crippen molar-refractivity contribution in [2.24, 2.45) is 7.05 Å². The zero-order chi connectivity index (χ0) is 19.7. The molecule has 28 heavy (non-hydrogen) atoms. The Morgan fingerprint density at radius 2 is 1.79 bits per heavy atom. The molecule has 2 N–H and O–H groups in total. The topological polar surface area (TPSA) is 84.7 Å². The third kappa shape index (κ3) is 3.66. The van der Waals surface area contributed by atoms with Gasteiger partial charge < -0.3 is 10.6 Å². The number of anilines is 2. The minimum atomic E-state index is -0.429. The molecule has 0 atom stereocenters. The molecular weight excluding hydrogens is 359 g/mol. The number of carbonyl (C=O) groups excluding carboxylic acids is 1. The molecule has 0 radical (unpaired) electrons. The van der Waals surface area contributed by atoms with Crippen molar-refractivity contribution in [3.05, 3.63) is 66.4 Å². The van der Waals surface area contributed by atoms with E-state index in [1.807, 2.05) is 13.2 Å². The van der Waals surface area contributed by atoms with E-state index in [-0.39, 0.29) is 5.82 Å². The minimum Gasteiger partial charge on any atom is -0.308 e. The lowest BCUT2D eigenvalue weighted by Gasteiger charge is -2.09. The van der Waals surface area contributed by atoms with Crippen LogP contribution in [0.3, 0.4) is 0 Å². The largest absolute Gasteiger partial charge is 0.323 e. The van der Waals surface area contributed by atoms with E-state index in [1.165, 1.54) is 12.1 Å². The highest BCUT2D eigenvalue weighted by Crippen LogP contribution is 2.21. The van der Waals surface area contributed by atoms with Crippen molar-refractivity contribution < 1.29 is 9.18 Å². The number of fused-ring (bicyclic) bond motifs is 1. The molecular formula is C20H17FN6O. The van der Waals surface area contributed by atoms with Crippen molar-refractivity contribution >= 4 is 28.4 Å². The van der Waals surface area contributed by atoms with Gasteiger partial charge >= 0.3 is 6.03 Å². The molecule has 0 fully saturated rings. The number of benzene rings is 2. The number of nitrogens with zero attached hydrogens (tertiary/aromatic N) is 4. The fourth-order valence-corrected chi connectivity index (χ4v) is 2.80. The predicted octanol–water partition coefficient (Wildman–Crippen LogP) is 4.12. The highest BCUT2D eigenvalue weighted by atomic mass is 19.1. The smallest absolute Gasteiger partial charge is 0.308 e. The number of nitrogens with one attached hydrogen (secondary N) is 2. The molecule has 2 heterocycles. The van der Waals surface area contributed by atoms with E-state index in [0.29, 0.717) is 33.7 Å². The van der Waals surface area contributed by atoms with Gasteiger partial charge in [-0.3, -0.25) is 9.67 Å². The first-order valence-electron chi connectivity index (χ1n) is 8.58. The first-order valence-corrected chi connectivity index (χ1v) is 8.58. The Hall–Kier alpha value is -3.81. The molecule has 2 aromatic carbocycles. The summed E-state index contributed by atoms with van der Waals surface area (Å²) in [6.07, 6.45) is 5.27. The molecule has 2 aromatic heterocycles. The lowest BCUT2D eigenvalue weighted by atomic mass is 10.2. The normalized spacial score (nSPS) is 10.8. The van der Waals surface area contributed by atoms with Gasteiger partial charge in [-0.1, -0.05) is 0 Å². The van der Waals surface area contributed by atoms with Crippen molar-refractivity contribution in [1.82, 2.24) is 19.7 Å². The summed E-state index contributed by atoms with van der Waals surface area (Å²) in [5, 5.41) is 9.58. The van der Waals surface area contributed by atoms with E-state index >= 15 is 0 Å². The van der Waals surface area contributed by atoms with Gasteiger partial charge in [-0.15, -0.1) is 0 Å². The van der Waals surface area contributed by atoms with Crippen LogP contribution in [-0.4, -0.2) is 25.8 Å². The summed E-state index contributed by atoms with van der Waals surface area (Å²) in [5.74, 6) is -0.316. The average Bonchev–Trinajstić information content (AvgIpc) is 3.10. The summed E-state index contributed by atoms with van der Waals surface area (Å²) >= 11 is 0. The van der Waals surface area contributed by atoms with Crippen LogP contribution >= 0.6 is 0 Å². The number of hydrogen-bond donors (Lipinski definition) is 2. The molecule has 0 saturated carbocycles. The second kappa shape index (κ2) is 7.07. The molecule has 0 aliphatic heterocycles. The average molecular weight is 376 g/mol. The molecule has 0 unspecified atom stereocenters. The predicted molar refractivity (Wildman–Crippen MR) is 106 cm³/mol. The number of rotatable bonds is 3. The quantitative estimate of drug-likeness (QED) is 0.563. The van der Waals surface area contributed by atoms with Crippen LogP contribution in [0.15, 0.2) is 55.0 Å². The molecule has 7 nitrogen and oxygen atoms in total. The third-order valence-corrected chi connectivity index (χ3v) is 4.22. The molecule has 0 bridgehead atoms. The van der Waals surface area contributed by atoms with Crippen molar-refractivity contribution in [3.63, 3.8) is 0 Å². The Morgan fingerprint density at radius 1 is 1.04 bits per heavy atom. The molecule has 0 saturated heterocycles. The van der Waals surface area contributed by atoms with Gasteiger partial charge in [-0.25, -0.2) is 14.2 Å². The first-order chi connectivity index (χ1) is 13.5. The minimum absolute atomic E-state index is 0.316. The Morgan fingerprint density at radius 3 is 2.50 bits per heavy atom. The van der Waals surface area contributed by atoms with Crippen molar-refractivity contribution in [2.45, 2.75) is 6.92 Å². The van der Waals surface area contributed by atoms with E-state index < -0.39 is 6.03 Å². The van der Waals surface area contributed by atoms with Crippen LogP contribution in [0.5, 0.6) is 0 Å². The highest BCUT2D eigenvalue weighted by Gasteiger charge is 2.08. The van der Waals surface area contributed by atoms with Crippen LogP contribution in [0.25, 0.3) is 22.3 Å². The summed E-state index contributed by atoms with van der Waals surface area (Å²) in [5.41, 5.74) is 4.47. The Labute approximate surface area is 160 Å². The van der Waals surface area contributed by atoms with Crippen molar-refractivity contribution in [3.8, 4) is 11.3 Å². The Kier molecular flexibility index (Phi) is 4.44. The molecule has 0 aliphatic rings. The standard InChI is InChI=1S/C20H17FN6O/c1-12-7-14(3-5-16(12)21)24-20(28)25-15-4-6-17-18(8-15)26-19(10-22-17)13-9-23-27(2)11-13/h3-11H,1-2H3,(H2,24,25,28). The van der Waals surface area contributed by atoms with Gasteiger partial charge in [-0.2, -0.15) is 5.10 Å². The number of urea groups is 1. The van der Waals surface area contributed by atoms with E-state index in [9.17, 15) is 9.18 Å². The fourth-order valence-electron chi connectivity index (χ4n) is 2.80. The molecule has 2 amide bonds. The van der Waals surface area contributed by atoms with Gasteiger partial charge in [0.2, 0.25) is 0 Å². The monoisotopic (exact) mass is 376 g/mol. The summed E-state index contributed by atoms with van der Waals surface area (Å²) < 4.78 is 15.0. The van der Waals surface area contributed by atoms with Gasteiger partial charge in [0.05, 0.1) is 29.1 Å². The van der Waals surface area contributed by atoms with Gasteiger partial charge in [-0.05, 0) is 48.9 Å². The van der Waals surface area contributed by atoms with Crippen LogP contribution < -0.4 is 10.6 Å². The second-order valence-electron chi connectivity index (χ2n) is 6.40. The number of hydrogen-bond acceptors (Lipinski definition) is 4. The molecule has 0 spiro atoms. The molecule has 4 aromatic rings. The zero-order valence-electron chi connectivity index (χ0n) is 15.3. The van der Waals surface area contributed by atoms with E-state index in [4.69, 9.17) is 0 Å². The number of halogens is 1. The number of carbonyl (C=O) groups is 1. The van der Waals surface area contributed by atoms with Crippen LogP contribution in [-0.2, 0) is 7.05 Å². The second-order valence-corrected chi connectivity index (χ2v) is 6.40. The van der Waals surface area contributed by atoms with Crippen LogP contribution in [0.1, 0.15) is 5.56 Å². The lowest BCUT2D eigenvalue weighted by Crippen LogP contribution is -2.19. The summed E-state index contributed by atoms with van der Waals surface area (Å²) in [7, 11) is 1.83. The zero-order valence-corrected chi connectivity index (χ0v) is 15.3. The number of aryl methyl sites for hydroxylation is 2. The maximum Gasteiger partial charge on any atom is 0.323 e. The maximum absolute atomic E-state index is 13.3. The molecule has 8 heteroatoms. The lowest BCUT2D eigenvalue weighted by molar-refractivity contribution is 0.262. The van der Waals surface area contributed by atoms with Gasteiger partial charge in [0, 0.05) is 30.2 Å². The van der Waals surface area contributed by atoms with E-state index in [1.54, 1.807) is 48.3 Å². The molecule has 4 rings (SSSR count). The van der Waals surface area contributed by atoms with Crippen LogP contribution in [0, 0.1) is 12.7 Å². The van der Waals surface area contributed by atoms with E-state index in [0.717, 1.165) is 5.56 Å². The van der Waals surface area contributed by atoms with Crippen LogP contribution in [0.2, 0.25) is 0 Å². The third-order valence-electron chi connectivity index (χ3n) is 4.22. The van der Waals surface area contributed by atoms with Crippen molar-refractivity contribution in [2.75, 3.05) is 10.6 Å². The summed E-state index contributed by atoms with van der Waals surface area (Å²) in [6.45, 7) is 1.64. The molecule has 140 valence electrons. The maximum atomic E-state index is 13.3. The van der Waals surface area contributed by atoms with E-state index in [2.05, 4.69) is 25.7 Å².